The number of amides is 1. The summed E-state index contributed by atoms with van der Waals surface area (Å²) < 4.78 is 36.2. The normalized spacial score (nSPS) is 25.0. The van der Waals surface area contributed by atoms with Gasteiger partial charge in [-0.05, 0) is 32.6 Å². The van der Waals surface area contributed by atoms with Crippen molar-refractivity contribution in [3.63, 3.8) is 0 Å². The summed E-state index contributed by atoms with van der Waals surface area (Å²) in [7, 11) is -1.84. The van der Waals surface area contributed by atoms with Gasteiger partial charge in [-0.1, -0.05) is 5.16 Å². The lowest BCUT2D eigenvalue weighted by Gasteiger charge is -2.36. The molecule has 140 valence electrons. The first-order chi connectivity index (χ1) is 11.9. The number of piperidine rings is 1. The quantitative estimate of drug-likeness (QED) is 0.770. The second kappa shape index (κ2) is 7.43. The topological polar surface area (TPSA) is 102 Å². The molecule has 25 heavy (non-hydrogen) atoms. The molecule has 2 atom stereocenters. The molecule has 3 rings (SSSR count). The maximum atomic E-state index is 12.3. The highest BCUT2D eigenvalue weighted by atomic mass is 32.2. The average molecular weight is 371 g/mol. The number of ether oxygens (including phenoxy) is 1. The Morgan fingerprint density at radius 2 is 2.20 bits per heavy atom. The largest absolute Gasteiger partial charge is 0.384 e. The van der Waals surface area contributed by atoms with Gasteiger partial charge in [0, 0.05) is 37.7 Å². The van der Waals surface area contributed by atoms with E-state index in [-0.39, 0.29) is 30.4 Å². The van der Waals surface area contributed by atoms with Crippen LogP contribution in [-0.2, 0) is 14.8 Å². The molecule has 2 heterocycles. The number of carbonyl (C=O) groups is 1. The first kappa shape index (κ1) is 18.3. The molecule has 0 spiro atoms. The maximum Gasteiger partial charge on any atom is 0.273 e. The number of hydrogen-bond donors (Lipinski definition) is 1. The van der Waals surface area contributed by atoms with E-state index in [1.165, 1.54) is 11.4 Å². The van der Waals surface area contributed by atoms with Crippen molar-refractivity contribution in [3.8, 4) is 0 Å². The molecule has 8 nitrogen and oxygen atoms in total. The summed E-state index contributed by atoms with van der Waals surface area (Å²) in [5, 5.41) is 6.79. The number of nitrogens with one attached hydrogen (secondary N) is 1. The van der Waals surface area contributed by atoms with Crippen LogP contribution in [-0.4, -0.2) is 61.9 Å². The molecule has 1 aromatic rings. The summed E-state index contributed by atoms with van der Waals surface area (Å²) in [6.45, 7) is 2.44. The lowest BCUT2D eigenvalue weighted by Crippen LogP contribution is -2.51. The van der Waals surface area contributed by atoms with Crippen LogP contribution < -0.4 is 5.32 Å². The summed E-state index contributed by atoms with van der Waals surface area (Å²) in [5.74, 6) is 0.907. The molecule has 2 fully saturated rings. The van der Waals surface area contributed by atoms with Gasteiger partial charge in [0.05, 0.1) is 12.4 Å². The Morgan fingerprint density at radius 1 is 1.44 bits per heavy atom. The maximum absolute atomic E-state index is 12.3. The van der Waals surface area contributed by atoms with E-state index >= 15 is 0 Å². The van der Waals surface area contributed by atoms with E-state index in [0.29, 0.717) is 31.0 Å². The van der Waals surface area contributed by atoms with Crippen LogP contribution in [0, 0.1) is 0 Å². The van der Waals surface area contributed by atoms with Crippen LogP contribution in [0.2, 0.25) is 0 Å². The fourth-order valence-electron chi connectivity index (χ4n) is 3.22. The van der Waals surface area contributed by atoms with Gasteiger partial charge in [0.2, 0.25) is 10.0 Å². The molecule has 0 radical (unpaired) electrons. The Kier molecular flexibility index (Phi) is 5.45. The molecular formula is C16H25N3O5S. The Bertz CT molecular complexity index is 713. The third-order valence-electron chi connectivity index (χ3n) is 4.79. The molecule has 1 saturated heterocycles. The molecule has 1 amide bonds. The van der Waals surface area contributed by atoms with Crippen molar-refractivity contribution in [2.24, 2.45) is 0 Å². The second-order valence-electron chi connectivity index (χ2n) is 6.85. The van der Waals surface area contributed by atoms with Gasteiger partial charge in [-0.3, -0.25) is 4.79 Å². The van der Waals surface area contributed by atoms with Gasteiger partial charge in [-0.25, -0.2) is 8.42 Å². The van der Waals surface area contributed by atoms with Gasteiger partial charge in [0.1, 0.15) is 5.76 Å². The van der Waals surface area contributed by atoms with Crippen LogP contribution in [0.15, 0.2) is 10.6 Å². The van der Waals surface area contributed by atoms with Gasteiger partial charge in [0.25, 0.3) is 5.91 Å². The molecule has 0 aromatic carbocycles. The van der Waals surface area contributed by atoms with Gasteiger partial charge in [-0.2, -0.15) is 4.31 Å². The predicted molar refractivity (Wildman–Crippen MR) is 90.8 cm³/mol. The highest BCUT2D eigenvalue weighted by Gasteiger charge is 2.34. The van der Waals surface area contributed by atoms with Crippen molar-refractivity contribution < 1.29 is 22.5 Å². The van der Waals surface area contributed by atoms with Crippen molar-refractivity contribution in [2.75, 3.05) is 26.0 Å². The molecule has 1 saturated carbocycles. The zero-order valence-electron chi connectivity index (χ0n) is 14.6. The lowest BCUT2D eigenvalue weighted by atomic mass is 10.0. The minimum Gasteiger partial charge on any atom is -0.384 e. The van der Waals surface area contributed by atoms with E-state index in [1.54, 1.807) is 6.07 Å². The second-order valence-corrected chi connectivity index (χ2v) is 8.89. The third kappa shape index (κ3) is 4.39. The number of nitrogens with zero attached hydrogens (tertiary/aromatic N) is 2. The van der Waals surface area contributed by atoms with E-state index in [1.807, 2.05) is 6.92 Å². The van der Waals surface area contributed by atoms with Crippen LogP contribution >= 0.6 is 0 Å². The zero-order valence-corrected chi connectivity index (χ0v) is 15.4. The van der Waals surface area contributed by atoms with E-state index in [4.69, 9.17) is 9.26 Å². The van der Waals surface area contributed by atoms with Crippen LogP contribution in [0.4, 0.5) is 0 Å². The Labute approximate surface area is 147 Å². The molecule has 2 aliphatic rings. The van der Waals surface area contributed by atoms with Crippen LogP contribution in [0.5, 0.6) is 0 Å². The number of aromatic nitrogens is 1. The fourth-order valence-corrected chi connectivity index (χ4v) is 4.85. The van der Waals surface area contributed by atoms with Gasteiger partial charge < -0.3 is 14.6 Å². The van der Waals surface area contributed by atoms with Crippen LogP contribution in [0.25, 0.3) is 0 Å². The first-order valence-corrected chi connectivity index (χ1v) is 10.3. The molecule has 9 heteroatoms. The van der Waals surface area contributed by atoms with Crippen molar-refractivity contribution in [1.82, 2.24) is 14.8 Å². The number of methoxy groups -OCH3 is 1. The lowest BCUT2D eigenvalue weighted by molar-refractivity contribution is 0.0905. The monoisotopic (exact) mass is 371 g/mol. The van der Waals surface area contributed by atoms with Gasteiger partial charge >= 0.3 is 0 Å². The van der Waals surface area contributed by atoms with Crippen molar-refractivity contribution in [3.05, 3.63) is 17.5 Å². The van der Waals surface area contributed by atoms with Gasteiger partial charge in [-0.15, -0.1) is 0 Å². The average Bonchev–Trinajstić information content (AvgIpc) is 3.29. The van der Waals surface area contributed by atoms with E-state index in [2.05, 4.69) is 10.5 Å². The number of hydrogen-bond acceptors (Lipinski definition) is 6. The molecule has 1 aromatic heterocycles. The molecule has 1 aliphatic heterocycles. The molecule has 0 bridgehead atoms. The fraction of sp³-hybridized carbons (Fsp3) is 0.750. The van der Waals surface area contributed by atoms with Crippen molar-refractivity contribution >= 4 is 15.9 Å². The first-order valence-electron chi connectivity index (χ1n) is 8.66. The molecule has 0 unspecified atom stereocenters. The summed E-state index contributed by atoms with van der Waals surface area (Å²) in [6, 6.07) is 1.47. The number of sulfonamides is 1. The Balaban J connectivity index is 1.54. The van der Waals surface area contributed by atoms with Crippen molar-refractivity contribution in [1.29, 1.82) is 0 Å². The van der Waals surface area contributed by atoms with Crippen molar-refractivity contribution in [2.45, 2.75) is 50.6 Å². The standard InChI is InChI=1S/C16H25N3O5S/c1-11-9-13(5-6-19(11)25(21,22)8-7-23-2)17-16(20)14-10-15(24-18-14)12-3-4-12/h10-13H,3-9H2,1-2H3,(H,17,20)/t11-,13+/m0/s1. The smallest absolute Gasteiger partial charge is 0.273 e. The molecular weight excluding hydrogens is 346 g/mol. The summed E-state index contributed by atoms with van der Waals surface area (Å²) in [5.41, 5.74) is 0.296. The Hall–Kier alpha value is -1.45. The van der Waals surface area contributed by atoms with Crippen LogP contribution in [0.3, 0.4) is 0 Å². The SMILES string of the molecule is COCCS(=O)(=O)N1CC[C@@H](NC(=O)c2cc(C3CC3)on2)C[C@@H]1C. The number of rotatable bonds is 7. The molecule has 1 N–H and O–H groups in total. The summed E-state index contributed by atoms with van der Waals surface area (Å²) >= 11 is 0. The molecule has 1 aliphatic carbocycles. The minimum atomic E-state index is -3.33. The third-order valence-corrected chi connectivity index (χ3v) is 6.73. The number of carbonyl (C=O) groups excluding carboxylic acids is 1. The van der Waals surface area contributed by atoms with Crippen LogP contribution in [0.1, 0.15) is 54.8 Å². The summed E-state index contributed by atoms with van der Waals surface area (Å²) in [6.07, 6.45) is 3.33. The van der Waals surface area contributed by atoms with E-state index in [0.717, 1.165) is 18.6 Å². The summed E-state index contributed by atoms with van der Waals surface area (Å²) in [4.78, 5) is 12.3. The zero-order chi connectivity index (χ0) is 18.0. The van der Waals surface area contributed by atoms with E-state index in [9.17, 15) is 13.2 Å². The predicted octanol–water partition coefficient (Wildman–Crippen LogP) is 1.11. The minimum absolute atomic E-state index is 0.0201. The highest BCUT2D eigenvalue weighted by Crippen LogP contribution is 2.40. The van der Waals surface area contributed by atoms with Gasteiger partial charge in [0.15, 0.2) is 5.69 Å². The Morgan fingerprint density at radius 3 is 2.84 bits per heavy atom. The highest BCUT2D eigenvalue weighted by molar-refractivity contribution is 7.89. The van der Waals surface area contributed by atoms with E-state index < -0.39 is 10.0 Å².